The van der Waals surface area contributed by atoms with Crippen LogP contribution in [0.4, 0.5) is 0 Å². The van der Waals surface area contributed by atoms with Gasteiger partial charge in [-0.1, -0.05) is 133 Å². The maximum Gasteiger partial charge on any atom is 0.0547 e. The van der Waals surface area contributed by atoms with Crippen LogP contribution in [0, 0.1) is 0 Å². The molecule has 0 radical (unpaired) electrons. The third-order valence-electron chi connectivity index (χ3n) is 8.97. The molecule has 0 amide bonds. The zero-order valence-electron chi connectivity index (χ0n) is 23.5. The second-order valence-electron chi connectivity index (χ2n) is 11.4. The Morgan fingerprint density at radius 1 is 0.256 bits per heavy atom. The molecule has 200 valence electrons. The van der Waals surface area contributed by atoms with Crippen LogP contribution in [0.25, 0.3) is 82.1 Å². The Balaban J connectivity index is 1.33. The van der Waals surface area contributed by atoms with Gasteiger partial charge in [-0.25, -0.2) is 0 Å². The normalized spacial score (nSPS) is 11.7. The van der Waals surface area contributed by atoms with E-state index in [-0.39, 0.29) is 0 Å². The van der Waals surface area contributed by atoms with Crippen LogP contribution in [0.2, 0.25) is 0 Å². The van der Waals surface area contributed by atoms with Gasteiger partial charge in [0.2, 0.25) is 0 Å². The highest BCUT2D eigenvalue weighted by Crippen LogP contribution is 2.40. The maximum atomic E-state index is 2.44. The van der Waals surface area contributed by atoms with Crippen molar-refractivity contribution < 1.29 is 0 Å². The van der Waals surface area contributed by atoms with Gasteiger partial charge in [-0.15, -0.1) is 0 Å². The summed E-state index contributed by atoms with van der Waals surface area (Å²) < 4.78 is 2.44. The lowest BCUT2D eigenvalue weighted by atomic mass is 9.92. The minimum Gasteiger partial charge on any atom is -0.309 e. The van der Waals surface area contributed by atoms with E-state index in [0.717, 1.165) is 0 Å². The van der Waals surface area contributed by atoms with E-state index in [1.54, 1.807) is 0 Å². The van der Waals surface area contributed by atoms with Crippen molar-refractivity contribution in [1.82, 2.24) is 4.57 Å². The number of para-hydroxylation sites is 1. The fourth-order valence-corrected chi connectivity index (χ4v) is 6.95. The van der Waals surface area contributed by atoms with Gasteiger partial charge in [-0.2, -0.15) is 0 Å². The fourth-order valence-electron chi connectivity index (χ4n) is 6.95. The van der Waals surface area contributed by atoms with E-state index in [1.165, 1.54) is 82.1 Å². The molecule has 9 aromatic rings. The van der Waals surface area contributed by atoms with Gasteiger partial charge in [0.15, 0.2) is 0 Å². The summed E-state index contributed by atoms with van der Waals surface area (Å²) in [5.41, 5.74) is 8.56. The molecule has 9 rings (SSSR count). The maximum absolute atomic E-state index is 2.44. The lowest BCUT2D eigenvalue weighted by molar-refractivity contribution is 1.19. The topological polar surface area (TPSA) is 4.93 Å². The molecule has 0 atom stereocenters. The number of benzene rings is 8. The van der Waals surface area contributed by atoms with Crippen LogP contribution in [0.1, 0.15) is 0 Å². The first-order chi connectivity index (χ1) is 21.3. The van der Waals surface area contributed by atoms with Gasteiger partial charge in [0.05, 0.1) is 11.0 Å². The van der Waals surface area contributed by atoms with Crippen molar-refractivity contribution in [2.75, 3.05) is 0 Å². The van der Waals surface area contributed by atoms with Crippen molar-refractivity contribution in [2.24, 2.45) is 0 Å². The Labute approximate surface area is 249 Å². The molecule has 1 aromatic heterocycles. The summed E-state index contributed by atoms with van der Waals surface area (Å²) >= 11 is 0. The molecule has 0 spiro atoms. The Morgan fingerprint density at radius 3 is 1.40 bits per heavy atom. The minimum atomic E-state index is 1.18. The van der Waals surface area contributed by atoms with Crippen LogP contribution in [0.5, 0.6) is 0 Å². The first-order valence-corrected chi connectivity index (χ1v) is 14.9. The highest BCUT2D eigenvalue weighted by molar-refractivity contribution is 6.26. The van der Waals surface area contributed by atoms with Gasteiger partial charge >= 0.3 is 0 Å². The zero-order valence-corrected chi connectivity index (χ0v) is 23.5. The Kier molecular flexibility index (Phi) is 5.27. The van der Waals surface area contributed by atoms with Crippen LogP contribution in [0.3, 0.4) is 0 Å². The number of fused-ring (bicyclic) bond motifs is 9. The lowest BCUT2D eigenvalue weighted by Gasteiger charge is -2.15. The molecule has 43 heavy (non-hydrogen) atoms. The van der Waals surface area contributed by atoms with E-state index >= 15 is 0 Å². The molecule has 0 unspecified atom stereocenters. The quantitative estimate of drug-likeness (QED) is 0.195. The largest absolute Gasteiger partial charge is 0.309 e. The van der Waals surface area contributed by atoms with Gasteiger partial charge in [-0.05, 0) is 84.9 Å². The highest BCUT2D eigenvalue weighted by Gasteiger charge is 2.16. The van der Waals surface area contributed by atoms with E-state index in [9.17, 15) is 0 Å². The number of rotatable bonds is 3. The molecule has 1 heterocycles. The molecule has 1 heteroatoms. The number of hydrogen-bond donors (Lipinski definition) is 0. The highest BCUT2D eigenvalue weighted by atomic mass is 15.0. The van der Waals surface area contributed by atoms with E-state index < -0.39 is 0 Å². The average molecular weight is 546 g/mol. The number of nitrogens with zero attached hydrogens (tertiary/aromatic N) is 1. The fraction of sp³-hybridized carbons (Fsp3) is 0. The Hall–Kier alpha value is -5.66. The van der Waals surface area contributed by atoms with Crippen LogP contribution in [-0.4, -0.2) is 4.57 Å². The summed E-state index contributed by atoms with van der Waals surface area (Å²) in [4.78, 5) is 0. The molecular weight excluding hydrogens is 518 g/mol. The molecule has 0 N–H and O–H groups in total. The van der Waals surface area contributed by atoms with Crippen molar-refractivity contribution in [3.63, 3.8) is 0 Å². The minimum absolute atomic E-state index is 1.18. The molecule has 0 aliphatic rings. The van der Waals surface area contributed by atoms with Crippen molar-refractivity contribution in [3.05, 3.63) is 164 Å². The standard InChI is InChI=1S/C42H27N/c1-3-11-28(12-4-1)30-19-22-35-36-24-21-32(27-40(36)34-16-8-7-15-33(34)39(35)25-30)43-41-18-10-9-17-37(41)38-23-20-31(26-42(38)43)29-13-5-2-6-14-29/h1-27H. The van der Waals surface area contributed by atoms with Gasteiger partial charge in [0, 0.05) is 16.5 Å². The summed E-state index contributed by atoms with van der Waals surface area (Å²) in [6, 6.07) is 59.8. The number of hydrogen-bond acceptors (Lipinski definition) is 0. The SMILES string of the molecule is c1ccc(-c2ccc3c4ccc(-n5c6ccccc6c6ccc(-c7ccccc7)cc65)cc4c4ccccc4c3c2)cc1. The summed E-state index contributed by atoms with van der Waals surface area (Å²) in [5.74, 6) is 0. The van der Waals surface area contributed by atoms with Crippen molar-refractivity contribution in [1.29, 1.82) is 0 Å². The lowest BCUT2D eigenvalue weighted by Crippen LogP contribution is -1.95. The summed E-state index contributed by atoms with van der Waals surface area (Å²) in [6.07, 6.45) is 0. The monoisotopic (exact) mass is 545 g/mol. The Bertz CT molecular complexity index is 2460. The van der Waals surface area contributed by atoms with Crippen LogP contribution >= 0.6 is 0 Å². The van der Waals surface area contributed by atoms with Crippen LogP contribution in [-0.2, 0) is 0 Å². The van der Waals surface area contributed by atoms with Crippen molar-refractivity contribution in [2.45, 2.75) is 0 Å². The molecule has 1 nitrogen and oxygen atoms in total. The summed E-state index contributed by atoms with van der Waals surface area (Å²) in [7, 11) is 0. The van der Waals surface area contributed by atoms with Crippen molar-refractivity contribution >= 4 is 54.1 Å². The molecular formula is C42H27N. The third kappa shape index (κ3) is 3.72. The second kappa shape index (κ2) is 9.44. The van der Waals surface area contributed by atoms with E-state index in [1.807, 2.05) is 0 Å². The van der Waals surface area contributed by atoms with Crippen molar-refractivity contribution in [3.8, 4) is 27.9 Å². The average Bonchev–Trinajstić information content (AvgIpc) is 3.42. The van der Waals surface area contributed by atoms with Gasteiger partial charge < -0.3 is 4.57 Å². The molecule has 0 saturated heterocycles. The molecule has 0 saturated carbocycles. The zero-order chi connectivity index (χ0) is 28.3. The van der Waals surface area contributed by atoms with E-state index in [2.05, 4.69) is 168 Å². The summed E-state index contributed by atoms with van der Waals surface area (Å²) in [5, 5.41) is 10.2. The van der Waals surface area contributed by atoms with E-state index in [0.29, 0.717) is 0 Å². The second-order valence-corrected chi connectivity index (χ2v) is 11.4. The van der Waals surface area contributed by atoms with E-state index in [4.69, 9.17) is 0 Å². The van der Waals surface area contributed by atoms with Gasteiger partial charge in [0.25, 0.3) is 0 Å². The summed E-state index contributed by atoms with van der Waals surface area (Å²) in [6.45, 7) is 0. The molecule has 0 aliphatic carbocycles. The first kappa shape index (κ1) is 24.0. The van der Waals surface area contributed by atoms with Crippen LogP contribution < -0.4 is 0 Å². The molecule has 8 aromatic carbocycles. The predicted octanol–water partition coefficient (Wildman–Crippen LogP) is 11.6. The first-order valence-electron chi connectivity index (χ1n) is 14.9. The van der Waals surface area contributed by atoms with Gasteiger partial charge in [-0.3, -0.25) is 0 Å². The Morgan fingerprint density at radius 2 is 0.721 bits per heavy atom. The smallest absolute Gasteiger partial charge is 0.0547 e. The third-order valence-corrected chi connectivity index (χ3v) is 8.97. The van der Waals surface area contributed by atoms with Gasteiger partial charge in [0.1, 0.15) is 0 Å². The number of aromatic nitrogens is 1. The van der Waals surface area contributed by atoms with Crippen LogP contribution in [0.15, 0.2) is 164 Å². The predicted molar refractivity (Wildman–Crippen MR) is 184 cm³/mol. The molecule has 0 aliphatic heterocycles. The molecule has 0 fully saturated rings. The molecule has 0 bridgehead atoms.